The summed E-state index contributed by atoms with van der Waals surface area (Å²) >= 11 is 0. The van der Waals surface area contributed by atoms with Crippen molar-refractivity contribution in [1.82, 2.24) is 14.1 Å². The molecule has 1 aromatic carbocycles. The number of nitrogens with zero attached hydrogens (tertiary/aromatic N) is 3. The number of hydrogen-bond donors (Lipinski definition) is 0. The Bertz CT molecular complexity index is 731. The molecule has 0 N–H and O–H groups in total. The molecule has 0 radical (unpaired) electrons. The van der Waals surface area contributed by atoms with Crippen LogP contribution in [0.25, 0.3) is 0 Å². The molecule has 3 rings (SSSR count). The van der Waals surface area contributed by atoms with Crippen LogP contribution >= 0.6 is 0 Å². The summed E-state index contributed by atoms with van der Waals surface area (Å²) < 4.78 is 39.6. The van der Waals surface area contributed by atoms with Crippen molar-refractivity contribution >= 4 is 15.9 Å². The number of carbonyl (C=O) groups is 1. The lowest BCUT2D eigenvalue weighted by Gasteiger charge is -2.36. The molecule has 2 heterocycles. The minimum atomic E-state index is -3.64. The van der Waals surface area contributed by atoms with Gasteiger partial charge in [-0.2, -0.15) is 4.31 Å². The van der Waals surface area contributed by atoms with E-state index in [1.165, 1.54) is 22.9 Å². The fourth-order valence-corrected chi connectivity index (χ4v) is 5.08. The lowest BCUT2D eigenvalue weighted by Crippen LogP contribution is -2.53. The first-order valence-electron chi connectivity index (χ1n) is 9.12. The maximum absolute atomic E-state index is 13.0. The van der Waals surface area contributed by atoms with Crippen LogP contribution in [0, 0.1) is 11.7 Å². The van der Waals surface area contributed by atoms with E-state index in [1.54, 1.807) is 4.90 Å². The van der Waals surface area contributed by atoms with Gasteiger partial charge in [0.05, 0.1) is 11.4 Å². The Kier molecular flexibility index (Phi) is 5.94. The van der Waals surface area contributed by atoms with Crippen molar-refractivity contribution in [2.75, 3.05) is 45.8 Å². The van der Waals surface area contributed by atoms with Gasteiger partial charge in [-0.15, -0.1) is 0 Å². The van der Waals surface area contributed by atoms with Gasteiger partial charge in [0.1, 0.15) is 5.82 Å². The van der Waals surface area contributed by atoms with Crippen LogP contribution in [0.1, 0.15) is 19.8 Å². The minimum Gasteiger partial charge on any atom is -0.339 e. The molecule has 0 aliphatic carbocycles. The summed E-state index contributed by atoms with van der Waals surface area (Å²) in [5.41, 5.74) is 0. The Hall–Kier alpha value is -1.51. The molecule has 1 amide bonds. The molecule has 144 valence electrons. The summed E-state index contributed by atoms with van der Waals surface area (Å²) in [4.78, 5) is 16.5. The summed E-state index contributed by atoms with van der Waals surface area (Å²) in [7, 11) is -3.64. The molecule has 2 aliphatic heterocycles. The van der Waals surface area contributed by atoms with Crippen LogP contribution in [-0.2, 0) is 14.8 Å². The van der Waals surface area contributed by atoms with E-state index in [1.807, 2.05) is 0 Å². The van der Waals surface area contributed by atoms with Crippen molar-refractivity contribution in [2.45, 2.75) is 24.7 Å². The molecule has 0 saturated carbocycles. The number of piperidine rings is 1. The Morgan fingerprint density at radius 2 is 1.77 bits per heavy atom. The van der Waals surface area contributed by atoms with E-state index in [4.69, 9.17) is 0 Å². The summed E-state index contributed by atoms with van der Waals surface area (Å²) in [6.45, 7) is 5.83. The first-order valence-corrected chi connectivity index (χ1v) is 10.6. The maximum atomic E-state index is 13.0. The highest BCUT2D eigenvalue weighted by molar-refractivity contribution is 7.89. The average molecular weight is 383 g/mol. The third kappa shape index (κ3) is 4.42. The molecule has 0 bridgehead atoms. The number of carbonyl (C=O) groups excluding carboxylic acids is 1. The van der Waals surface area contributed by atoms with E-state index in [0.29, 0.717) is 25.6 Å². The minimum absolute atomic E-state index is 0.0675. The number of sulfonamides is 1. The fraction of sp³-hybridized carbons (Fsp3) is 0.611. The first-order chi connectivity index (χ1) is 12.4. The molecular weight excluding hydrogens is 357 g/mol. The van der Waals surface area contributed by atoms with Crippen molar-refractivity contribution in [2.24, 2.45) is 5.92 Å². The Balaban J connectivity index is 1.55. The van der Waals surface area contributed by atoms with E-state index in [0.717, 1.165) is 31.6 Å². The zero-order valence-corrected chi connectivity index (χ0v) is 15.9. The molecule has 0 unspecified atom stereocenters. The van der Waals surface area contributed by atoms with Crippen LogP contribution in [0.5, 0.6) is 0 Å². The second-order valence-corrected chi connectivity index (χ2v) is 9.16. The summed E-state index contributed by atoms with van der Waals surface area (Å²) in [5.74, 6) is 0.221. The number of piperazine rings is 1. The quantitative estimate of drug-likeness (QED) is 0.788. The van der Waals surface area contributed by atoms with Crippen LogP contribution < -0.4 is 0 Å². The third-order valence-corrected chi connectivity index (χ3v) is 7.06. The summed E-state index contributed by atoms with van der Waals surface area (Å²) in [6, 6.07) is 4.85. The number of benzene rings is 1. The molecule has 26 heavy (non-hydrogen) atoms. The Morgan fingerprint density at radius 3 is 2.38 bits per heavy atom. The second-order valence-electron chi connectivity index (χ2n) is 7.22. The molecule has 2 saturated heterocycles. The smallest absolute Gasteiger partial charge is 0.243 e. The van der Waals surface area contributed by atoms with Crippen LogP contribution in [0.4, 0.5) is 4.39 Å². The molecule has 2 fully saturated rings. The number of halogens is 1. The van der Waals surface area contributed by atoms with E-state index in [2.05, 4.69) is 11.8 Å². The van der Waals surface area contributed by atoms with E-state index >= 15 is 0 Å². The molecule has 0 aromatic heterocycles. The van der Waals surface area contributed by atoms with Gasteiger partial charge < -0.3 is 4.90 Å². The predicted molar refractivity (Wildman–Crippen MR) is 96.6 cm³/mol. The van der Waals surface area contributed by atoms with Gasteiger partial charge in [-0.3, -0.25) is 9.69 Å². The fourth-order valence-electron chi connectivity index (χ4n) is 3.66. The van der Waals surface area contributed by atoms with E-state index in [-0.39, 0.29) is 23.9 Å². The topological polar surface area (TPSA) is 60.9 Å². The molecular formula is C18H26FN3O3S. The molecule has 8 heteroatoms. The van der Waals surface area contributed by atoms with Gasteiger partial charge in [-0.1, -0.05) is 6.92 Å². The molecule has 6 nitrogen and oxygen atoms in total. The number of hydrogen-bond acceptors (Lipinski definition) is 4. The number of rotatable bonds is 4. The zero-order valence-electron chi connectivity index (χ0n) is 15.1. The molecule has 1 aromatic rings. The highest BCUT2D eigenvalue weighted by atomic mass is 32.2. The van der Waals surface area contributed by atoms with Gasteiger partial charge in [0.15, 0.2) is 0 Å². The first kappa shape index (κ1) is 19.3. The Labute approximate surface area is 154 Å². The van der Waals surface area contributed by atoms with Crippen molar-refractivity contribution in [1.29, 1.82) is 0 Å². The summed E-state index contributed by atoms with van der Waals surface area (Å²) in [6.07, 6.45) is 2.34. The van der Waals surface area contributed by atoms with E-state index < -0.39 is 15.8 Å². The third-order valence-electron chi connectivity index (χ3n) is 5.14. The lowest BCUT2D eigenvalue weighted by atomic mass is 10.0. The number of likely N-dealkylation sites (tertiary alicyclic amines) is 1. The highest BCUT2D eigenvalue weighted by Gasteiger charge is 2.31. The van der Waals surface area contributed by atoms with Gasteiger partial charge in [0.2, 0.25) is 15.9 Å². The van der Waals surface area contributed by atoms with Gasteiger partial charge in [0.25, 0.3) is 0 Å². The monoisotopic (exact) mass is 383 g/mol. The van der Waals surface area contributed by atoms with Crippen LogP contribution in [0.15, 0.2) is 29.2 Å². The Morgan fingerprint density at radius 1 is 1.12 bits per heavy atom. The molecule has 2 aliphatic rings. The normalized spacial score (nSPS) is 23.2. The predicted octanol–water partition coefficient (Wildman–Crippen LogP) is 1.39. The van der Waals surface area contributed by atoms with Gasteiger partial charge in [0, 0.05) is 32.7 Å². The van der Waals surface area contributed by atoms with Gasteiger partial charge in [-0.25, -0.2) is 12.8 Å². The van der Waals surface area contributed by atoms with E-state index in [9.17, 15) is 17.6 Å². The SMILES string of the molecule is C[C@@H]1CCCN(CC(=O)N2CCN(S(=O)(=O)c3ccc(F)cc3)CC2)C1. The zero-order chi connectivity index (χ0) is 18.7. The molecule has 0 spiro atoms. The van der Waals surface area contributed by atoms with Crippen molar-refractivity contribution in [3.05, 3.63) is 30.1 Å². The highest BCUT2D eigenvalue weighted by Crippen LogP contribution is 2.19. The second kappa shape index (κ2) is 8.02. The van der Waals surface area contributed by atoms with Crippen LogP contribution in [-0.4, -0.2) is 74.2 Å². The summed E-state index contributed by atoms with van der Waals surface area (Å²) in [5, 5.41) is 0. The van der Waals surface area contributed by atoms with Crippen molar-refractivity contribution in [3.8, 4) is 0 Å². The maximum Gasteiger partial charge on any atom is 0.243 e. The van der Waals surface area contributed by atoms with Gasteiger partial charge >= 0.3 is 0 Å². The van der Waals surface area contributed by atoms with Crippen LogP contribution in [0.2, 0.25) is 0 Å². The molecule has 1 atom stereocenters. The van der Waals surface area contributed by atoms with Gasteiger partial charge in [-0.05, 0) is 49.6 Å². The van der Waals surface area contributed by atoms with Crippen molar-refractivity contribution in [3.63, 3.8) is 0 Å². The standard InChI is InChI=1S/C18H26FN3O3S/c1-15-3-2-8-20(13-15)14-18(23)21-9-11-22(12-10-21)26(24,25)17-6-4-16(19)5-7-17/h4-7,15H,2-3,8-14H2,1H3/t15-/m1/s1. The largest absolute Gasteiger partial charge is 0.339 e. The lowest BCUT2D eigenvalue weighted by molar-refractivity contribution is -0.134. The number of amides is 1. The average Bonchev–Trinajstić information content (AvgIpc) is 2.62. The van der Waals surface area contributed by atoms with Crippen molar-refractivity contribution < 1.29 is 17.6 Å². The van der Waals surface area contributed by atoms with Crippen LogP contribution in [0.3, 0.4) is 0 Å².